The molecule has 1 fully saturated rings. The predicted molar refractivity (Wildman–Crippen MR) is 121 cm³/mol. The van der Waals surface area contributed by atoms with Gasteiger partial charge in [0.25, 0.3) is 5.56 Å². The van der Waals surface area contributed by atoms with Crippen LogP contribution < -0.4 is 5.56 Å². The third-order valence-electron chi connectivity index (χ3n) is 7.30. The Hall–Kier alpha value is -3.72. The van der Waals surface area contributed by atoms with Crippen molar-refractivity contribution in [2.75, 3.05) is 6.54 Å². The fourth-order valence-corrected chi connectivity index (χ4v) is 5.33. The van der Waals surface area contributed by atoms with Gasteiger partial charge in [-0.05, 0) is 37.1 Å². The van der Waals surface area contributed by atoms with Gasteiger partial charge in [-0.25, -0.2) is 9.78 Å². The number of amides is 1. The van der Waals surface area contributed by atoms with E-state index in [4.69, 9.17) is 9.72 Å². The number of esters is 1. The van der Waals surface area contributed by atoms with Gasteiger partial charge in [0.05, 0.1) is 29.0 Å². The molecule has 1 saturated heterocycles. The Morgan fingerprint density at radius 1 is 1.21 bits per heavy atom. The molecular weight excluding hydrogens is 438 g/mol. The Morgan fingerprint density at radius 3 is 2.76 bits per heavy atom. The lowest BCUT2D eigenvalue weighted by Crippen LogP contribution is -2.44. The first-order valence-electron chi connectivity index (χ1n) is 11.4. The number of rotatable bonds is 3. The molecule has 2 N–H and O–H groups in total. The maximum Gasteiger partial charge on any atom is 0.343 e. The number of fused-ring (bicyclic) bond motifs is 5. The third kappa shape index (κ3) is 2.76. The minimum absolute atomic E-state index is 0.0650. The minimum Gasteiger partial charge on any atom is -0.508 e. The number of carbonyl (C=O) groups is 2. The van der Waals surface area contributed by atoms with Crippen LogP contribution in [0.2, 0.25) is 0 Å². The van der Waals surface area contributed by atoms with Crippen molar-refractivity contribution in [2.24, 2.45) is 0 Å². The standard InChI is InChI=1S/C25H23N3O6/c1-2-25(33)17-9-19-22-13(10-28(19)23(31)16(17)12-34-24(25)32)8-14-15(11-27-7-3-4-21(27)30)20(29)6-5-18(14)26-22/h5-6,8-9,29,33H,2-4,7,10-12H2,1H3/t25-/m0/s1. The van der Waals surface area contributed by atoms with Crippen LogP contribution in [-0.2, 0) is 39.6 Å². The molecule has 5 heterocycles. The number of phenols is 1. The number of carbonyl (C=O) groups excluding carboxylic acids is 2. The molecule has 174 valence electrons. The van der Waals surface area contributed by atoms with Gasteiger partial charge in [0.2, 0.25) is 5.91 Å². The van der Waals surface area contributed by atoms with E-state index >= 15 is 0 Å². The van der Waals surface area contributed by atoms with E-state index in [0.29, 0.717) is 42.0 Å². The van der Waals surface area contributed by atoms with E-state index in [9.17, 15) is 24.6 Å². The molecule has 6 rings (SSSR count). The molecule has 3 aliphatic rings. The minimum atomic E-state index is -1.87. The molecule has 9 nitrogen and oxygen atoms in total. The average molecular weight is 461 g/mol. The molecule has 0 bridgehead atoms. The second-order valence-electron chi connectivity index (χ2n) is 9.15. The average Bonchev–Trinajstić information content (AvgIpc) is 3.40. The summed E-state index contributed by atoms with van der Waals surface area (Å²) in [5.74, 6) is -0.593. The van der Waals surface area contributed by atoms with Gasteiger partial charge in [-0.3, -0.25) is 9.59 Å². The van der Waals surface area contributed by atoms with E-state index < -0.39 is 11.6 Å². The molecule has 1 aromatic carbocycles. The van der Waals surface area contributed by atoms with E-state index in [1.807, 2.05) is 6.07 Å². The van der Waals surface area contributed by atoms with Crippen LogP contribution in [0.15, 0.2) is 29.1 Å². The molecule has 1 amide bonds. The number of phenolic OH excluding ortho intramolecular Hbond substituents is 1. The van der Waals surface area contributed by atoms with Crippen molar-refractivity contribution in [1.29, 1.82) is 0 Å². The fourth-order valence-electron chi connectivity index (χ4n) is 5.33. The molecule has 3 aromatic rings. The molecule has 0 spiro atoms. The molecular formula is C25H23N3O6. The Labute approximate surface area is 194 Å². The smallest absolute Gasteiger partial charge is 0.343 e. The number of benzene rings is 1. The summed E-state index contributed by atoms with van der Waals surface area (Å²) < 4.78 is 6.69. The lowest BCUT2D eigenvalue weighted by Gasteiger charge is -2.31. The summed E-state index contributed by atoms with van der Waals surface area (Å²) in [5, 5.41) is 22.3. The monoisotopic (exact) mass is 461 g/mol. The van der Waals surface area contributed by atoms with Gasteiger partial charge < -0.3 is 24.4 Å². The number of aromatic hydroxyl groups is 1. The fraction of sp³-hybridized carbons (Fsp3) is 0.360. The SMILES string of the molecule is CC[C@@]1(O)C(=O)OCc2c1cc1n(c2=O)Cc2cc3c(CN4CCCC4=O)c(O)ccc3nc2-1. The molecule has 9 heteroatoms. The quantitative estimate of drug-likeness (QED) is 0.447. The Balaban J connectivity index is 1.52. The van der Waals surface area contributed by atoms with Crippen molar-refractivity contribution in [3.8, 4) is 17.1 Å². The summed E-state index contributed by atoms with van der Waals surface area (Å²) in [4.78, 5) is 44.3. The number of aliphatic hydroxyl groups is 1. The molecule has 34 heavy (non-hydrogen) atoms. The number of aromatic nitrogens is 2. The zero-order valence-corrected chi connectivity index (χ0v) is 18.6. The van der Waals surface area contributed by atoms with Crippen LogP contribution in [0.25, 0.3) is 22.3 Å². The zero-order chi connectivity index (χ0) is 23.8. The van der Waals surface area contributed by atoms with Gasteiger partial charge in [-0.1, -0.05) is 6.92 Å². The number of cyclic esters (lactones) is 1. The van der Waals surface area contributed by atoms with Gasteiger partial charge in [0, 0.05) is 41.6 Å². The largest absolute Gasteiger partial charge is 0.508 e. The highest BCUT2D eigenvalue weighted by molar-refractivity contribution is 5.90. The second kappa shape index (κ2) is 7.14. The number of pyridine rings is 2. The number of likely N-dealkylation sites (tertiary alicyclic amines) is 1. The summed E-state index contributed by atoms with van der Waals surface area (Å²) in [7, 11) is 0. The number of hydrogen-bond donors (Lipinski definition) is 2. The Kier molecular flexibility index (Phi) is 4.38. The summed E-state index contributed by atoms with van der Waals surface area (Å²) in [5.41, 5.74) is 1.53. The molecule has 0 saturated carbocycles. The van der Waals surface area contributed by atoms with Crippen LogP contribution in [-0.4, -0.2) is 43.1 Å². The zero-order valence-electron chi connectivity index (χ0n) is 18.6. The maximum absolute atomic E-state index is 13.3. The van der Waals surface area contributed by atoms with E-state index in [1.54, 1.807) is 34.6 Å². The van der Waals surface area contributed by atoms with E-state index in [0.717, 1.165) is 17.4 Å². The van der Waals surface area contributed by atoms with Crippen molar-refractivity contribution in [3.63, 3.8) is 0 Å². The molecule has 0 radical (unpaired) electrons. The highest BCUT2D eigenvalue weighted by Crippen LogP contribution is 2.39. The van der Waals surface area contributed by atoms with Crippen LogP contribution in [0.4, 0.5) is 0 Å². The Bertz CT molecular complexity index is 1480. The predicted octanol–water partition coefficient (Wildman–Crippen LogP) is 1.91. The number of ether oxygens (including phenoxy) is 1. The lowest BCUT2D eigenvalue weighted by molar-refractivity contribution is -0.172. The highest BCUT2D eigenvalue weighted by atomic mass is 16.6. The van der Waals surface area contributed by atoms with Crippen molar-refractivity contribution in [1.82, 2.24) is 14.5 Å². The first kappa shape index (κ1) is 20.9. The van der Waals surface area contributed by atoms with Crippen LogP contribution >= 0.6 is 0 Å². The Morgan fingerprint density at radius 2 is 2.03 bits per heavy atom. The lowest BCUT2D eigenvalue weighted by atomic mass is 9.86. The van der Waals surface area contributed by atoms with Crippen molar-refractivity contribution < 1.29 is 24.5 Å². The van der Waals surface area contributed by atoms with E-state index in [-0.39, 0.29) is 47.9 Å². The van der Waals surface area contributed by atoms with Gasteiger partial charge >= 0.3 is 5.97 Å². The van der Waals surface area contributed by atoms with Gasteiger partial charge in [0.1, 0.15) is 12.4 Å². The van der Waals surface area contributed by atoms with Gasteiger partial charge in [-0.15, -0.1) is 0 Å². The van der Waals surface area contributed by atoms with Crippen molar-refractivity contribution >= 4 is 22.8 Å². The normalized spacial score (nSPS) is 20.9. The molecule has 0 aliphatic carbocycles. The number of hydrogen-bond acceptors (Lipinski definition) is 7. The van der Waals surface area contributed by atoms with Crippen LogP contribution in [0.3, 0.4) is 0 Å². The van der Waals surface area contributed by atoms with Gasteiger partial charge in [0.15, 0.2) is 5.60 Å². The van der Waals surface area contributed by atoms with Gasteiger partial charge in [-0.2, -0.15) is 0 Å². The molecule has 3 aliphatic heterocycles. The molecule has 0 unspecified atom stereocenters. The highest BCUT2D eigenvalue weighted by Gasteiger charge is 2.45. The molecule has 2 aromatic heterocycles. The summed E-state index contributed by atoms with van der Waals surface area (Å²) >= 11 is 0. The first-order valence-corrected chi connectivity index (χ1v) is 11.4. The summed E-state index contributed by atoms with van der Waals surface area (Å²) in [6, 6.07) is 6.86. The maximum atomic E-state index is 13.3. The molecule has 1 atom stereocenters. The van der Waals surface area contributed by atoms with E-state index in [2.05, 4.69) is 0 Å². The van der Waals surface area contributed by atoms with Crippen LogP contribution in [0.5, 0.6) is 5.75 Å². The second-order valence-corrected chi connectivity index (χ2v) is 9.15. The summed E-state index contributed by atoms with van der Waals surface area (Å²) in [6.45, 7) is 2.71. The topological polar surface area (TPSA) is 122 Å². The van der Waals surface area contributed by atoms with E-state index in [1.165, 1.54) is 0 Å². The van der Waals surface area contributed by atoms with Crippen LogP contribution in [0.1, 0.15) is 48.4 Å². The number of nitrogens with zero attached hydrogens (tertiary/aromatic N) is 3. The first-order chi connectivity index (χ1) is 16.3. The van der Waals surface area contributed by atoms with Crippen molar-refractivity contribution in [2.45, 2.75) is 51.5 Å². The third-order valence-corrected chi connectivity index (χ3v) is 7.30. The summed E-state index contributed by atoms with van der Waals surface area (Å²) in [6.07, 6.45) is 1.40. The van der Waals surface area contributed by atoms with Crippen LogP contribution in [0, 0.1) is 0 Å². The van der Waals surface area contributed by atoms with Crippen molar-refractivity contribution in [3.05, 3.63) is 56.9 Å².